The Bertz CT molecular complexity index is 645. The molecule has 3 heteroatoms. The van der Waals surface area contributed by atoms with E-state index in [-0.39, 0.29) is 20.1 Å². The van der Waals surface area contributed by atoms with Crippen molar-refractivity contribution in [1.29, 1.82) is 0 Å². The largest absolute Gasteiger partial charge is 0.373 e. The van der Waals surface area contributed by atoms with Crippen LogP contribution in [0.4, 0.5) is 0 Å². The van der Waals surface area contributed by atoms with Crippen molar-refractivity contribution < 1.29 is 20.1 Å². The Morgan fingerprint density at radius 2 is 1.74 bits per heavy atom. The van der Waals surface area contributed by atoms with E-state index in [4.69, 9.17) is 0 Å². The summed E-state index contributed by atoms with van der Waals surface area (Å²) in [5.41, 5.74) is 3.14. The third kappa shape index (κ3) is 2.83. The Morgan fingerprint density at radius 3 is 2.42 bits per heavy atom. The number of nitrogens with zero attached hydrogens (tertiary/aromatic N) is 2. The van der Waals surface area contributed by atoms with Crippen LogP contribution in [0.1, 0.15) is 0 Å². The standard InChI is InChI=1S/C16H13N2.Ir/c1-18-12-15(13-8-4-2-5-9-13)17-16(18)14-10-6-3-7-11-14;/h2-10,12H,1H3;/q-1;. The maximum Gasteiger partial charge on any atom is 0.0768 e. The third-order valence-electron chi connectivity index (χ3n) is 2.90. The zero-order valence-corrected chi connectivity index (χ0v) is 12.9. The van der Waals surface area contributed by atoms with Gasteiger partial charge in [0, 0.05) is 38.9 Å². The van der Waals surface area contributed by atoms with Crippen LogP contribution in [0.25, 0.3) is 22.6 Å². The normalized spacial score (nSPS) is 9.95. The van der Waals surface area contributed by atoms with E-state index in [0.29, 0.717) is 0 Å². The molecule has 2 nitrogen and oxygen atoms in total. The molecule has 0 aliphatic rings. The van der Waals surface area contributed by atoms with Crippen LogP contribution in [-0.2, 0) is 27.2 Å². The molecule has 0 aliphatic carbocycles. The first-order valence-electron chi connectivity index (χ1n) is 5.90. The Morgan fingerprint density at radius 1 is 1.00 bits per heavy atom. The van der Waals surface area contributed by atoms with Gasteiger partial charge in [-0.05, 0) is 0 Å². The smallest absolute Gasteiger partial charge is 0.0768 e. The molecule has 1 heterocycles. The Kier molecular flexibility index (Phi) is 4.31. The molecule has 97 valence electrons. The summed E-state index contributed by atoms with van der Waals surface area (Å²) >= 11 is 0. The number of hydrogen-bond acceptors (Lipinski definition) is 1. The fraction of sp³-hybridized carbons (Fsp3) is 0.0625. The van der Waals surface area contributed by atoms with Gasteiger partial charge in [-0.1, -0.05) is 30.3 Å². The molecule has 0 aliphatic heterocycles. The second-order valence-electron chi connectivity index (χ2n) is 4.20. The predicted molar refractivity (Wildman–Crippen MR) is 72.9 cm³/mol. The molecule has 0 saturated heterocycles. The molecule has 19 heavy (non-hydrogen) atoms. The van der Waals surface area contributed by atoms with Crippen LogP contribution < -0.4 is 0 Å². The van der Waals surface area contributed by atoms with Crippen molar-refractivity contribution in [1.82, 2.24) is 9.55 Å². The summed E-state index contributed by atoms with van der Waals surface area (Å²) in [6, 6.07) is 21.3. The van der Waals surface area contributed by atoms with E-state index < -0.39 is 0 Å². The van der Waals surface area contributed by atoms with E-state index in [1.807, 2.05) is 60.3 Å². The van der Waals surface area contributed by atoms with Crippen LogP contribution in [0.2, 0.25) is 0 Å². The molecule has 3 rings (SSSR count). The number of aryl methyl sites for hydroxylation is 1. The van der Waals surface area contributed by atoms with Crippen molar-refractivity contribution in [2.24, 2.45) is 7.05 Å². The Hall–Kier alpha value is -1.70. The van der Waals surface area contributed by atoms with Gasteiger partial charge in [0.2, 0.25) is 0 Å². The molecule has 3 aromatic rings. The Balaban J connectivity index is 0.00000133. The first-order chi connectivity index (χ1) is 8.84. The number of benzene rings is 2. The van der Waals surface area contributed by atoms with Gasteiger partial charge in [-0.25, -0.2) is 0 Å². The van der Waals surface area contributed by atoms with Crippen molar-refractivity contribution in [2.45, 2.75) is 0 Å². The molecular weight excluding hydrogens is 412 g/mol. The van der Waals surface area contributed by atoms with Gasteiger partial charge >= 0.3 is 0 Å². The van der Waals surface area contributed by atoms with Gasteiger partial charge < -0.3 is 4.57 Å². The minimum absolute atomic E-state index is 0. The molecule has 0 saturated carbocycles. The van der Waals surface area contributed by atoms with Crippen LogP contribution >= 0.6 is 0 Å². The molecular formula is C16H13IrN2-. The van der Waals surface area contributed by atoms with E-state index >= 15 is 0 Å². The monoisotopic (exact) mass is 426 g/mol. The summed E-state index contributed by atoms with van der Waals surface area (Å²) in [4.78, 5) is 4.68. The van der Waals surface area contributed by atoms with Crippen LogP contribution in [-0.4, -0.2) is 9.55 Å². The van der Waals surface area contributed by atoms with Gasteiger partial charge in [0.15, 0.2) is 0 Å². The van der Waals surface area contributed by atoms with E-state index in [1.165, 1.54) is 0 Å². The minimum Gasteiger partial charge on any atom is -0.373 e. The van der Waals surface area contributed by atoms with Crippen molar-refractivity contribution >= 4 is 0 Å². The minimum atomic E-state index is 0. The van der Waals surface area contributed by atoms with Gasteiger partial charge in [-0.15, -0.1) is 35.9 Å². The second kappa shape index (κ2) is 5.96. The second-order valence-corrected chi connectivity index (χ2v) is 4.20. The summed E-state index contributed by atoms with van der Waals surface area (Å²) in [6.45, 7) is 0. The molecule has 1 aromatic heterocycles. The topological polar surface area (TPSA) is 17.8 Å². The van der Waals surface area contributed by atoms with E-state index in [9.17, 15) is 0 Å². The molecule has 0 unspecified atom stereocenters. The summed E-state index contributed by atoms with van der Waals surface area (Å²) in [7, 11) is 2.01. The zero-order valence-electron chi connectivity index (χ0n) is 10.5. The maximum atomic E-state index is 4.68. The number of imidazole rings is 1. The van der Waals surface area contributed by atoms with E-state index in [1.54, 1.807) is 0 Å². The van der Waals surface area contributed by atoms with Crippen LogP contribution in [0.15, 0.2) is 60.8 Å². The Labute approximate surface area is 126 Å². The molecule has 1 radical (unpaired) electrons. The maximum absolute atomic E-state index is 4.68. The molecule has 2 aromatic carbocycles. The summed E-state index contributed by atoms with van der Waals surface area (Å²) in [5, 5.41) is 0. The van der Waals surface area contributed by atoms with Crippen LogP contribution in [0.5, 0.6) is 0 Å². The van der Waals surface area contributed by atoms with Crippen molar-refractivity contribution in [3.05, 3.63) is 66.9 Å². The number of rotatable bonds is 2. The van der Waals surface area contributed by atoms with Crippen LogP contribution in [0.3, 0.4) is 0 Å². The molecule has 0 spiro atoms. The first kappa shape index (κ1) is 13.7. The molecule has 0 amide bonds. The van der Waals surface area contributed by atoms with Crippen molar-refractivity contribution in [3.8, 4) is 22.6 Å². The number of hydrogen-bond donors (Lipinski definition) is 0. The first-order valence-corrected chi connectivity index (χ1v) is 5.90. The van der Waals surface area contributed by atoms with Gasteiger partial charge in [0.05, 0.1) is 11.5 Å². The van der Waals surface area contributed by atoms with Gasteiger partial charge in [0.25, 0.3) is 0 Å². The van der Waals surface area contributed by atoms with Gasteiger partial charge in [0.1, 0.15) is 0 Å². The third-order valence-corrected chi connectivity index (χ3v) is 2.90. The molecule has 0 bridgehead atoms. The zero-order chi connectivity index (χ0) is 12.4. The SMILES string of the molecule is Cn1cc(-c2ccccc2)nc1-c1[c-]cccc1.[Ir]. The molecule has 0 N–H and O–H groups in total. The van der Waals surface area contributed by atoms with E-state index in [2.05, 4.69) is 23.2 Å². The average molecular weight is 426 g/mol. The summed E-state index contributed by atoms with van der Waals surface area (Å²) < 4.78 is 2.04. The molecule has 0 atom stereocenters. The summed E-state index contributed by atoms with van der Waals surface area (Å²) in [6.07, 6.45) is 2.05. The average Bonchev–Trinajstić information content (AvgIpc) is 2.83. The molecule has 0 fully saturated rings. The quantitative estimate of drug-likeness (QED) is 0.575. The fourth-order valence-electron chi connectivity index (χ4n) is 2.00. The van der Waals surface area contributed by atoms with Crippen LogP contribution in [0, 0.1) is 6.07 Å². The van der Waals surface area contributed by atoms with Gasteiger partial charge in [-0.3, -0.25) is 4.98 Å². The fourth-order valence-corrected chi connectivity index (χ4v) is 2.00. The predicted octanol–water partition coefficient (Wildman–Crippen LogP) is 3.55. The number of aromatic nitrogens is 2. The van der Waals surface area contributed by atoms with Crippen molar-refractivity contribution in [3.63, 3.8) is 0 Å². The summed E-state index contributed by atoms with van der Waals surface area (Å²) in [5.74, 6) is 0.939. The van der Waals surface area contributed by atoms with E-state index in [0.717, 1.165) is 22.6 Å². The van der Waals surface area contributed by atoms with Gasteiger partial charge in [-0.2, -0.15) is 0 Å². The van der Waals surface area contributed by atoms with Crippen molar-refractivity contribution in [2.75, 3.05) is 0 Å².